The predicted molar refractivity (Wildman–Crippen MR) is 74.5 cm³/mol. The quantitative estimate of drug-likeness (QED) is 0.855. The van der Waals surface area contributed by atoms with Gasteiger partial charge >= 0.3 is 0 Å². The van der Waals surface area contributed by atoms with Crippen LogP contribution in [-0.2, 0) is 0 Å². The molecule has 0 saturated heterocycles. The number of anilines is 1. The average molecular weight is 257 g/mol. The second-order valence-corrected chi connectivity index (χ2v) is 5.51. The van der Waals surface area contributed by atoms with Crippen molar-refractivity contribution in [3.05, 3.63) is 23.8 Å². The largest absolute Gasteiger partial charge is 0.398 e. The maximum absolute atomic E-state index is 6.09. The monoisotopic (exact) mass is 257 g/mol. The van der Waals surface area contributed by atoms with E-state index < -0.39 is 0 Å². The van der Waals surface area contributed by atoms with Gasteiger partial charge in [-0.1, -0.05) is 25.0 Å². The molecule has 1 aliphatic rings. The van der Waals surface area contributed by atoms with Gasteiger partial charge in [0.2, 0.25) is 0 Å². The van der Waals surface area contributed by atoms with E-state index >= 15 is 0 Å². The first-order chi connectivity index (χ1) is 9.16. The summed E-state index contributed by atoms with van der Waals surface area (Å²) in [6, 6.07) is 6.20. The third-order valence-electron chi connectivity index (χ3n) is 3.81. The van der Waals surface area contributed by atoms with E-state index in [0.29, 0.717) is 6.04 Å². The fourth-order valence-electron chi connectivity index (χ4n) is 2.59. The summed E-state index contributed by atoms with van der Waals surface area (Å²) in [7, 11) is 0. The lowest BCUT2D eigenvalue weighted by molar-refractivity contribution is 0.430. The summed E-state index contributed by atoms with van der Waals surface area (Å²) in [6.45, 7) is 4.21. The Labute approximate surface area is 112 Å². The summed E-state index contributed by atoms with van der Waals surface area (Å²) in [6.07, 6.45) is 3.83. The SMILES string of the molecule is Cc1cccc(N)c1-c1nnnn1C(C)CC1CC1. The van der Waals surface area contributed by atoms with Crippen LogP contribution >= 0.6 is 0 Å². The van der Waals surface area contributed by atoms with Crippen LogP contribution in [-0.4, -0.2) is 20.2 Å². The summed E-state index contributed by atoms with van der Waals surface area (Å²) >= 11 is 0. The molecule has 1 saturated carbocycles. The van der Waals surface area contributed by atoms with Gasteiger partial charge in [-0.3, -0.25) is 0 Å². The van der Waals surface area contributed by atoms with Crippen molar-refractivity contribution >= 4 is 5.69 Å². The van der Waals surface area contributed by atoms with E-state index in [9.17, 15) is 0 Å². The lowest BCUT2D eigenvalue weighted by Gasteiger charge is -2.15. The zero-order valence-corrected chi connectivity index (χ0v) is 11.4. The Kier molecular flexibility index (Phi) is 2.97. The molecule has 1 atom stereocenters. The van der Waals surface area contributed by atoms with Crippen LogP contribution < -0.4 is 5.73 Å². The molecule has 2 aromatic rings. The van der Waals surface area contributed by atoms with Crippen molar-refractivity contribution in [2.75, 3.05) is 5.73 Å². The molecule has 1 aromatic heterocycles. The van der Waals surface area contributed by atoms with Crippen LogP contribution in [0.1, 0.15) is 37.8 Å². The van der Waals surface area contributed by atoms with Gasteiger partial charge in [0.25, 0.3) is 0 Å². The van der Waals surface area contributed by atoms with Crippen LogP contribution in [0, 0.1) is 12.8 Å². The lowest BCUT2D eigenvalue weighted by atomic mass is 10.1. The first-order valence-corrected chi connectivity index (χ1v) is 6.80. The fourth-order valence-corrected chi connectivity index (χ4v) is 2.59. The molecule has 3 rings (SSSR count). The van der Waals surface area contributed by atoms with Crippen molar-refractivity contribution in [3.63, 3.8) is 0 Å². The second-order valence-electron chi connectivity index (χ2n) is 5.51. The Bertz CT molecular complexity index is 565. The van der Waals surface area contributed by atoms with E-state index in [4.69, 9.17) is 5.73 Å². The Morgan fingerprint density at radius 3 is 2.89 bits per heavy atom. The fraction of sp³-hybridized carbons (Fsp3) is 0.500. The van der Waals surface area contributed by atoms with Crippen LogP contribution in [0.4, 0.5) is 5.69 Å². The van der Waals surface area contributed by atoms with E-state index in [0.717, 1.165) is 35.0 Å². The highest BCUT2D eigenvalue weighted by Crippen LogP contribution is 2.38. The van der Waals surface area contributed by atoms with Crippen molar-refractivity contribution in [2.24, 2.45) is 5.92 Å². The first kappa shape index (κ1) is 12.1. The zero-order chi connectivity index (χ0) is 13.4. The van der Waals surface area contributed by atoms with Crippen LogP contribution in [0.2, 0.25) is 0 Å². The molecular formula is C14H19N5. The highest BCUT2D eigenvalue weighted by atomic mass is 15.5. The number of rotatable bonds is 4. The molecule has 1 unspecified atom stereocenters. The standard InChI is InChI=1S/C14H19N5/c1-9-4-3-5-12(15)13(9)14-16-17-18-19(14)10(2)8-11-6-7-11/h3-5,10-11H,6-8,15H2,1-2H3. The molecule has 0 radical (unpaired) electrons. The first-order valence-electron chi connectivity index (χ1n) is 6.80. The summed E-state index contributed by atoms with van der Waals surface area (Å²) < 4.78 is 1.91. The Morgan fingerprint density at radius 1 is 1.42 bits per heavy atom. The van der Waals surface area contributed by atoms with Crippen molar-refractivity contribution in [2.45, 2.75) is 39.2 Å². The Hall–Kier alpha value is -1.91. The van der Waals surface area contributed by atoms with Crippen LogP contribution in [0.5, 0.6) is 0 Å². The van der Waals surface area contributed by atoms with Crippen molar-refractivity contribution in [1.29, 1.82) is 0 Å². The van der Waals surface area contributed by atoms with E-state index in [1.165, 1.54) is 12.8 Å². The minimum atomic E-state index is 0.316. The molecule has 100 valence electrons. The van der Waals surface area contributed by atoms with Gasteiger partial charge in [-0.05, 0) is 48.2 Å². The number of hydrogen-bond donors (Lipinski definition) is 1. The second kappa shape index (κ2) is 4.64. The van der Waals surface area contributed by atoms with E-state index in [2.05, 4.69) is 22.4 Å². The zero-order valence-electron chi connectivity index (χ0n) is 11.4. The minimum Gasteiger partial charge on any atom is -0.398 e. The van der Waals surface area contributed by atoms with Gasteiger partial charge in [0.1, 0.15) is 0 Å². The van der Waals surface area contributed by atoms with E-state index in [1.54, 1.807) is 0 Å². The number of nitrogens with zero attached hydrogens (tertiary/aromatic N) is 4. The number of nitrogen functional groups attached to an aromatic ring is 1. The molecule has 5 nitrogen and oxygen atoms in total. The smallest absolute Gasteiger partial charge is 0.184 e. The van der Waals surface area contributed by atoms with Crippen LogP contribution in [0.25, 0.3) is 11.4 Å². The lowest BCUT2D eigenvalue weighted by Crippen LogP contribution is -2.11. The summed E-state index contributed by atoms with van der Waals surface area (Å²) in [5, 5.41) is 12.2. The van der Waals surface area contributed by atoms with Gasteiger partial charge in [-0.25, -0.2) is 4.68 Å². The molecule has 1 aromatic carbocycles. The summed E-state index contributed by atoms with van der Waals surface area (Å²) in [5.74, 6) is 1.63. The summed E-state index contributed by atoms with van der Waals surface area (Å²) in [5.41, 5.74) is 8.88. The summed E-state index contributed by atoms with van der Waals surface area (Å²) in [4.78, 5) is 0. The molecule has 2 N–H and O–H groups in total. The maximum atomic E-state index is 6.09. The van der Waals surface area contributed by atoms with Gasteiger partial charge < -0.3 is 5.73 Å². The van der Waals surface area contributed by atoms with Gasteiger partial charge in [-0.15, -0.1) is 5.10 Å². The number of tetrazole rings is 1. The number of aryl methyl sites for hydroxylation is 1. The van der Waals surface area contributed by atoms with Crippen molar-refractivity contribution < 1.29 is 0 Å². The normalized spacial score (nSPS) is 16.5. The molecule has 19 heavy (non-hydrogen) atoms. The van der Waals surface area contributed by atoms with E-state index in [1.807, 2.05) is 29.8 Å². The third kappa shape index (κ3) is 2.32. The molecule has 5 heteroatoms. The molecule has 0 amide bonds. The molecule has 0 aliphatic heterocycles. The minimum absolute atomic E-state index is 0.316. The van der Waals surface area contributed by atoms with Gasteiger partial charge in [0, 0.05) is 11.3 Å². The maximum Gasteiger partial charge on any atom is 0.184 e. The molecule has 1 fully saturated rings. The van der Waals surface area contributed by atoms with Gasteiger partial charge in [-0.2, -0.15) is 0 Å². The number of aromatic nitrogens is 4. The number of hydrogen-bond acceptors (Lipinski definition) is 4. The molecular weight excluding hydrogens is 238 g/mol. The topological polar surface area (TPSA) is 69.6 Å². The van der Waals surface area contributed by atoms with Crippen molar-refractivity contribution in [3.8, 4) is 11.4 Å². The highest BCUT2D eigenvalue weighted by Gasteiger charge is 2.26. The van der Waals surface area contributed by atoms with Gasteiger partial charge in [0.05, 0.1) is 6.04 Å². The van der Waals surface area contributed by atoms with E-state index in [-0.39, 0.29) is 0 Å². The van der Waals surface area contributed by atoms with Crippen LogP contribution in [0.3, 0.4) is 0 Å². The Balaban J connectivity index is 1.98. The van der Waals surface area contributed by atoms with Crippen LogP contribution in [0.15, 0.2) is 18.2 Å². The number of nitrogens with two attached hydrogens (primary N) is 1. The predicted octanol–water partition coefficient (Wildman–Crippen LogP) is 2.59. The van der Waals surface area contributed by atoms with Crippen molar-refractivity contribution in [1.82, 2.24) is 20.2 Å². The average Bonchev–Trinajstić information content (AvgIpc) is 3.04. The third-order valence-corrected chi connectivity index (χ3v) is 3.81. The molecule has 1 heterocycles. The van der Waals surface area contributed by atoms with Gasteiger partial charge in [0.15, 0.2) is 5.82 Å². The molecule has 0 spiro atoms. The molecule has 1 aliphatic carbocycles. The molecule has 0 bridgehead atoms. The Morgan fingerprint density at radius 2 is 2.21 bits per heavy atom. The number of benzene rings is 1. The highest BCUT2D eigenvalue weighted by molar-refractivity contribution is 5.74.